The van der Waals surface area contributed by atoms with Crippen molar-refractivity contribution in [3.8, 4) is 22.3 Å². The van der Waals surface area contributed by atoms with Crippen LogP contribution in [0.15, 0.2) is 91.0 Å². The van der Waals surface area contributed by atoms with Crippen molar-refractivity contribution < 1.29 is 13.2 Å². The minimum atomic E-state index is -4.37. The summed E-state index contributed by atoms with van der Waals surface area (Å²) in [7, 11) is 0. The SMILES string of the molecule is C/C=C(\C)c1cc2ccccc2c2c1CN(CCCC)Cc1c(-c3ccc(C(F)(F)F)cc3)cc3ccccc3c1-2. The van der Waals surface area contributed by atoms with E-state index < -0.39 is 11.7 Å². The molecule has 41 heavy (non-hydrogen) atoms. The monoisotopic (exact) mass is 549 g/mol. The van der Waals surface area contributed by atoms with Crippen molar-refractivity contribution in [3.05, 3.63) is 113 Å². The molecular weight excluding hydrogens is 515 g/mol. The Morgan fingerprint density at radius 2 is 1.39 bits per heavy atom. The summed E-state index contributed by atoms with van der Waals surface area (Å²) in [5.74, 6) is 0. The van der Waals surface area contributed by atoms with Crippen LogP contribution in [0.3, 0.4) is 0 Å². The fraction of sp³-hybridized carbons (Fsp3) is 0.243. The third kappa shape index (κ3) is 4.95. The van der Waals surface area contributed by atoms with Gasteiger partial charge in [-0.05, 0) is 117 Å². The van der Waals surface area contributed by atoms with Gasteiger partial charge in [-0.3, -0.25) is 4.90 Å². The van der Waals surface area contributed by atoms with E-state index in [2.05, 4.69) is 86.3 Å². The predicted octanol–water partition coefficient (Wildman–Crippen LogP) is 10.9. The maximum absolute atomic E-state index is 13.5. The van der Waals surface area contributed by atoms with Crippen LogP contribution in [0.1, 0.15) is 55.9 Å². The highest BCUT2D eigenvalue weighted by Gasteiger charge is 2.31. The highest BCUT2D eigenvalue weighted by Crippen LogP contribution is 2.47. The molecule has 0 aliphatic carbocycles. The lowest BCUT2D eigenvalue weighted by atomic mass is 9.82. The number of hydrogen-bond donors (Lipinski definition) is 0. The standard InChI is InChI=1S/C37H34F3N/c1-4-6-19-41-22-33-31(24(3)5-2)20-26-11-7-9-13-29(26)35(33)36-30-14-10-8-12-27(30)21-32(34(36)23-41)25-15-17-28(18-16-25)37(38,39)40/h5,7-18,20-21H,4,6,19,22-23H2,1-3H3/b24-5+. The van der Waals surface area contributed by atoms with Crippen LogP contribution in [0.2, 0.25) is 0 Å². The van der Waals surface area contributed by atoms with Crippen molar-refractivity contribution in [1.82, 2.24) is 4.90 Å². The van der Waals surface area contributed by atoms with Gasteiger partial charge in [0.25, 0.3) is 0 Å². The van der Waals surface area contributed by atoms with E-state index in [-0.39, 0.29) is 0 Å². The number of halogens is 3. The van der Waals surface area contributed by atoms with Crippen LogP contribution >= 0.6 is 0 Å². The lowest BCUT2D eigenvalue weighted by Crippen LogP contribution is -2.23. The molecule has 1 heterocycles. The number of alkyl halides is 3. The Balaban J connectivity index is 1.75. The molecule has 0 bridgehead atoms. The summed E-state index contributed by atoms with van der Waals surface area (Å²) < 4.78 is 40.4. The topological polar surface area (TPSA) is 3.24 Å². The maximum atomic E-state index is 13.5. The van der Waals surface area contributed by atoms with Crippen molar-refractivity contribution in [3.63, 3.8) is 0 Å². The zero-order valence-corrected chi connectivity index (χ0v) is 23.8. The Kier molecular flexibility index (Phi) is 7.21. The van der Waals surface area contributed by atoms with Gasteiger partial charge in [0.2, 0.25) is 0 Å². The predicted molar refractivity (Wildman–Crippen MR) is 166 cm³/mol. The minimum Gasteiger partial charge on any atom is -0.295 e. The first-order chi connectivity index (χ1) is 19.8. The second-order valence-corrected chi connectivity index (χ2v) is 11.1. The van der Waals surface area contributed by atoms with Crippen LogP contribution in [0.5, 0.6) is 0 Å². The lowest BCUT2D eigenvalue weighted by Gasteiger charge is -2.23. The number of fused-ring (bicyclic) bond motifs is 7. The van der Waals surface area contributed by atoms with E-state index in [4.69, 9.17) is 0 Å². The first-order valence-corrected chi connectivity index (χ1v) is 14.4. The molecule has 0 aromatic heterocycles. The van der Waals surface area contributed by atoms with Crippen LogP contribution in [-0.4, -0.2) is 11.4 Å². The molecule has 0 saturated carbocycles. The fourth-order valence-electron chi connectivity index (χ4n) is 6.33. The molecule has 208 valence electrons. The summed E-state index contributed by atoms with van der Waals surface area (Å²) in [4.78, 5) is 2.53. The number of nitrogens with zero attached hydrogens (tertiary/aromatic N) is 1. The Labute approximate surface area is 239 Å². The van der Waals surface area contributed by atoms with Gasteiger partial charge >= 0.3 is 6.18 Å². The van der Waals surface area contributed by atoms with E-state index >= 15 is 0 Å². The van der Waals surface area contributed by atoms with Gasteiger partial charge in [-0.2, -0.15) is 13.2 Å². The minimum absolute atomic E-state index is 0.625. The van der Waals surface area contributed by atoms with Crippen molar-refractivity contribution in [1.29, 1.82) is 0 Å². The molecule has 0 unspecified atom stereocenters. The lowest BCUT2D eigenvalue weighted by molar-refractivity contribution is -0.137. The average Bonchev–Trinajstić information content (AvgIpc) is 3.16. The van der Waals surface area contributed by atoms with Gasteiger partial charge in [0.15, 0.2) is 0 Å². The zero-order chi connectivity index (χ0) is 28.7. The van der Waals surface area contributed by atoms with Crippen molar-refractivity contribution in [2.24, 2.45) is 0 Å². The number of rotatable bonds is 5. The molecule has 6 rings (SSSR count). The number of unbranched alkanes of at least 4 members (excludes halogenated alkanes) is 1. The highest BCUT2D eigenvalue weighted by molar-refractivity contribution is 6.11. The Bertz CT molecular complexity index is 1780. The van der Waals surface area contributed by atoms with Gasteiger partial charge in [0, 0.05) is 13.1 Å². The third-order valence-corrected chi connectivity index (χ3v) is 8.54. The van der Waals surface area contributed by atoms with Crippen LogP contribution in [0, 0.1) is 0 Å². The normalized spacial score (nSPS) is 14.2. The molecule has 5 aromatic rings. The van der Waals surface area contributed by atoms with E-state index in [1.165, 1.54) is 61.7 Å². The van der Waals surface area contributed by atoms with E-state index in [1.54, 1.807) is 12.1 Å². The molecule has 5 aromatic carbocycles. The van der Waals surface area contributed by atoms with Gasteiger partial charge in [-0.15, -0.1) is 0 Å². The highest BCUT2D eigenvalue weighted by atomic mass is 19.4. The molecule has 0 saturated heterocycles. The maximum Gasteiger partial charge on any atom is 0.416 e. The smallest absolute Gasteiger partial charge is 0.295 e. The Morgan fingerprint density at radius 1 is 0.805 bits per heavy atom. The largest absolute Gasteiger partial charge is 0.416 e. The van der Waals surface area contributed by atoms with Crippen LogP contribution in [0.4, 0.5) is 13.2 Å². The number of allylic oxidation sites excluding steroid dienone is 2. The number of hydrogen-bond acceptors (Lipinski definition) is 1. The Hall–Kier alpha value is -3.89. The summed E-state index contributed by atoms with van der Waals surface area (Å²) in [5, 5.41) is 4.67. The zero-order valence-electron chi connectivity index (χ0n) is 23.8. The van der Waals surface area contributed by atoms with Gasteiger partial charge in [-0.1, -0.05) is 80.1 Å². The van der Waals surface area contributed by atoms with Gasteiger partial charge < -0.3 is 0 Å². The van der Waals surface area contributed by atoms with Crippen LogP contribution < -0.4 is 0 Å². The summed E-state index contributed by atoms with van der Waals surface area (Å²) in [6.07, 6.45) is -0.00443. The third-order valence-electron chi connectivity index (χ3n) is 8.54. The van der Waals surface area contributed by atoms with E-state index in [9.17, 15) is 13.2 Å². The van der Waals surface area contributed by atoms with Gasteiger partial charge in [0.1, 0.15) is 0 Å². The average molecular weight is 550 g/mol. The molecule has 0 radical (unpaired) electrons. The summed E-state index contributed by atoms with van der Waals surface area (Å²) >= 11 is 0. The van der Waals surface area contributed by atoms with Crippen molar-refractivity contribution >= 4 is 27.1 Å². The molecule has 0 amide bonds. The number of benzene rings is 5. The van der Waals surface area contributed by atoms with E-state index in [1.807, 2.05) is 6.07 Å². The van der Waals surface area contributed by atoms with Crippen LogP contribution in [0.25, 0.3) is 49.4 Å². The molecule has 0 atom stereocenters. The van der Waals surface area contributed by atoms with Crippen LogP contribution in [-0.2, 0) is 19.3 Å². The molecule has 1 aliphatic rings. The van der Waals surface area contributed by atoms with Crippen molar-refractivity contribution in [2.75, 3.05) is 6.54 Å². The molecular formula is C37H34F3N. The molecule has 1 nitrogen and oxygen atoms in total. The van der Waals surface area contributed by atoms with E-state index in [0.717, 1.165) is 49.0 Å². The molecule has 4 heteroatoms. The van der Waals surface area contributed by atoms with Gasteiger partial charge in [0.05, 0.1) is 5.56 Å². The molecule has 0 N–H and O–H groups in total. The fourth-order valence-corrected chi connectivity index (χ4v) is 6.33. The van der Waals surface area contributed by atoms with Crippen molar-refractivity contribution in [2.45, 2.75) is 52.9 Å². The second-order valence-electron chi connectivity index (χ2n) is 11.1. The van der Waals surface area contributed by atoms with E-state index in [0.29, 0.717) is 0 Å². The quantitative estimate of drug-likeness (QED) is 0.211. The Morgan fingerprint density at radius 3 is 2.00 bits per heavy atom. The molecule has 1 aliphatic heterocycles. The molecule has 0 spiro atoms. The second kappa shape index (κ2) is 10.8. The summed E-state index contributed by atoms with van der Waals surface area (Å²) in [6.45, 7) is 8.99. The summed E-state index contributed by atoms with van der Waals surface area (Å²) in [6, 6.07) is 27.2. The summed E-state index contributed by atoms with van der Waals surface area (Å²) in [5.41, 5.74) is 8.65. The van der Waals surface area contributed by atoms with Gasteiger partial charge in [-0.25, -0.2) is 0 Å². The first-order valence-electron chi connectivity index (χ1n) is 14.4. The molecule has 0 fully saturated rings. The first kappa shape index (κ1) is 27.3.